The molecule has 1 N–H and O–H groups in total. The van der Waals surface area contributed by atoms with Crippen molar-refractivity contribution >= 4 is 64.3 Å². The molecule has 0 amide bonds. The van der Waals surface area contributed by atoms with Crippen LogP contribution < -0.4 is 9.64 Å². The largest absolute Gasteiger partial charge is 0.491 e. The zero-order chi connectivity index (χ0) is 50.6. The molecule has 0 aliphatic heterocycles. The number of aromatic nitrogens is 2. The van der Waals surface area contributed by atoms with E-state index in [0.29, 0.717) is 60.6 Å². The summed E-state index contributed by atoms with van der Waals surface area (Å²) in [6.07, 6.45) is 4.00. The van der Waals surface area contributed by atoms with Crippen LogP contribution in [0.5, 0.6) is 5.75 Å². The number of aliphatic carboxylic acids is 1. The molecule has 7 aromatic rings. The molecule has 0 saturated heterocycles. The van der Waals surface area contributed by atoms with Crippen molar-refractivity contribution in [1.29, 1.82) is 5.26 Å². The van der Waals surface area contributed by atoms with Gasteiger partial charge in [-0.3, -0.25) is 9.59 Å². The van der Waals surface area contributed by atoms with Crippen LogP contribution in [0.1, 0.15) is 65.6 Å². The van der Waals surface area contributed by atoms with E-state index >= 15 is 0 Å². The van der Waals surface area contributed by atoms with Gasteiger partial charge in [-0.25, -0.2) is 14.8 Å². The third-order valence-electron chi connectivity index (χ3n) is 11.7. The number of benzene rings is 5. The third kappa shape index (κ3) is 12.7. The molecule has 0 saturated carbocycles. The maximum atomic E-state index is 12.0. The summed E-state index contributed by atoms with van der Waals surface area (Å²) in [6.45, 7) is 22.0. The molecule has 14 heteroatoms. The standard InChI is InChI=1S/C57H53N5O7S2/c1-35-25-37(3)48(38(4)26-35)30-50-53(29-47(33-58)69-34-63)70-55(60-50)41-9-13-43(14-10-41)62(45-17-19-46(20-18-45)68-24-23-67-22-21-66-8)44-15-11-42(12-16-44)56-61-51(54(71-56)32-52(59-7)57(64)65)31-49-39(5)27-36(2)28-40(49)6/h9-20,25-29,32,34H,21-24,30-31H2,1-6,8H3,(H,64,65)/b47-29+,52-32-. The minimum absolute atomic E-state index is 0.120. The van der Waals surface area contributed by atoms with Crippen molar-refractivity contribution in [2.24, 2.45) is 0 Å². The minimum Gasteiger partial charge on any atom is -0.491 e. The lowest BCUT2D eigenvalue weighted by molar-refractivity contribution is -0.132. The summed E-state index contributed by atoms with van der Waals surface area (Å²) in [5, 5.41) is 21.0. The number of carboxylic acids is 1. The van der Waals surface area contributed by atoms with Gasteiger partial charge in [0.2, 0.25) is 5.76 Å². The van der Waals surface area contributed by atoms with E-state index in [4.69, 9.17) is 35.5 Å². The second kappa shape index (κ2) is 23.7. The van der Waals surface area contributed by atoms with E-state index in [1.807, 2.05) is 78.9 Å². The molecular formula is C57H53N5O7S2. The highest BCUT2D eigenvalue weighted by Gasteiger charge is 2.21. The number of hydrogen-bond acceptors (Lipinski definition) is 12. The Bertz CT molecular complexity index is 3150. The SMILES string of the molecule is [C-]#[N+]/C(=C\c1sc(-c2ccc(N(c3ccc(OCCOCCOC)cc3)c3ccc(-c4nc(Cc5c(C)cc(C)cc5C)c(/C=C(\C#N)OC=O)s4)cc3)cc2)nc1Cc1c(C)cc(C)cc1C)C(=O)O. The lowest BCUT2D eigenvalue weighted by atomic mass is 9.96. The number of anilines is 3. The van der Waals surface area contributed by atoms with Crippen molar-refractivity contribution in [3.8, 4) is 33.0 Å². The number of carbonyl (C=O) groups excluding carboxylic acids is 1. The van der Waals surface area contributed by atoms with Gasteiger partial charge in [-0.1, -0.05) is 35.4 Å². The Balaban J connectivity index is 1.25. The number of allylic oxidation sites excluding steroid dienone is 1. The number of thiazole rings is 2. The lowest BCUT2D eigenvalue weighted by Crippen LogP contribution is -2.11. The molecule has 0 bridgehead atoms. The van der Waals surface area contributed by atoms with E-state index < -0.39 is 5.97 Å². The fourth-order valence-electron chi connectivity index (χ4n) is 8.40. The molecule has 7 rings (SSSR count). The quantitative estimate of drug-likeness (QED) is 0.0183. The number of rotatable bonds is 21. The Labute approximate surface area is 422 Å². The highest BCUT2D eigenvalue weighted by atomic mass is 32.1. The second-order valence-electron chi connectivity index (χ2n) is 16.9. The van der Waals surface area contributed by atoms with Gasteiger partial charge in [0.1, 0.15) is 28.4 Å². The molecule has 2 aromatic heterocycles. The summed E-state index contributed by atoms with van der Waals surface area (Å²) in [5.41, 5.74) is 14.5. The van der Waals surface area contributed by atoms with Gasteiger partial charge in [0.15, 0.2) is 0 Å². The van der Waals surface area contributed by atoms with Crippen molar-refractivity contribution in [2.45, 2.75) is 54.4 Å². The Kier molecular flexibility index (Phi) is 17.1. The van der Waals surface area contributed by atoms with Crippen LogP contribution in [0.3, 0.4) is 0 Å². The number of carboxylic acid groups (broad SMARTS) is 1. The average Bonchev–Trinajstić information content (AvgIpc) is 3.95. The van der Waals surface area contributed by atoms with Crippen LogP contribution in [0.25, 0.3) is 38.1 Å². The molecular weight excluding hydrogens is 931 g/mol. The van der Waals surface area contributed by atoms with E-state index in [1.54, 1.807) is 13.2 Å². The maximum absolute atomic E-state index is 12.0. The van der Waals surface area contributed by atoms with E-state index in [1.165, 1.54) is 34.3 Å². The smallest absolute Gasteiger partial charge is 0.333 e. The Morgan fingerprint density at radius 3 is 1.58 bits per heavy atom. The van der Waals surface area contributed by atoms with Gasteiger partial charge in [0.05, 0.1) is 42.7 Å². The van der Waals surface area contributed by atoms with Crippen LogP contribution >= 0.6 is 22.7 Å². The van der Waals surface area contributed by atoms with Crippen molar-refractivity contribution in [2.75, 3.05) is 38.4 Å². The first-order chi connectivity index (χ1) is 34.3. The predicted octanol–water partition coefficient (Wildman–Crippen LogP) is 12.9. The van der Waals surface area contributed by atoms with Crippen molar-refractivity contribution in [3.63, 3.8) is 0 Å². The van der Waals surface area contributed by atoms with Gasteiger partial charge in [-0.15, -0.1) is 22.7 Å². The zero-order valence-electron chi connectivity index (χ0n) is 40.7. The molecule has 0 unspecified atom stereocenters. The molecule has 5 aromatic carbocycles. The monoisotopic (exact) mass is 983 g/mol. The summed E-state index contributed by atoms with van der Waals surface area (Å²) in [4.78, 5) is 40.2. The summed E-state index contributed by atoms with van der Waals surface area (Å²) in [5.74, 6) is -0.715. The number of methoxy groups -OCH3 is 1. The molecule has 0 atom stereocenters. The van der Waals surface area contributed by atoms with Gasteiger partial charge in [0, 0.05) is 59.1 Å². The van der Waals surface area contributed by atoms with E-state index in [9.17, 15) is 20.0 Å². The first kappa shape index (κ1) is 51.1. The molecule has 0 aliphatic carbocycles. The number of nitriles is 1. The fourth-order valence-corrected chi connectivity index (χ4v) is 10.4. The highest BCUT2D eigenvalue weighted by molar-refractivity contribution is 7.16. The fraction of sp³-hybridized carbons (Fsp3) is 0.228. The number of carbonyl (C=O) groups is 2. The second-order valence-corrected chi connectivity index (χ2v) is 19.0. The minimum atomic E-state index is -1.29. The van der Waals surface area contributed by atoms with Gasteiger partial charge in [-0.2, -0.15) is 5.26 Å². The number of aryl methyl sites for hydroxylation is 6. The number of nitrogens with zero attached hydrogens (tertiary/aromatic N) is 5. The van der Waals surface area contributed by atoms with Gasteiger partial charge < -0.3 is 29.0 Å². The van der Waals surface area contributed by atoms with Crippen LogP contribution in [0, 0.1) is 59.4 Å². The number of hydrogen-bond donors (Lipinski definition) is 1. The van der Waals surface area contributed by atoms with Crippen LogP contribution in [0.15, 0.2) is 109 Å². The topological polar surface area (TPSA) is 148 Å². The molecule has 0 aliphatic rings. The van der Waals surface area contributed by atoms with Crippen LogP contribution in [-0.2, 0) is 36.6 Å². The van der Waals surface area contributed by atoms with E-state index in [-0.39, 0.29) is 17.9 Å². The van der Waals surface area contributed by atoms with Crippen molar-refractivity contribution in [3.05, 3.63) is 186 Å². The average molecular weight is 984 g/mol. The molecule has 0 radical (unpaired) electrons. The molecule has 71 heavy (non-hydrogen) atoms. The van der Waals surface area contributed by atoms with Crippen LogP contribution in [0.2, 0.25) is 0 Å². The Morgan fingerprint density at radius 1 is 0.704 bits per heavy atom. The number of ether oxygens (including phenoxy) is 4. The van der Waals surface area contributed by atoms with Gasteiger partial charge in [0.25, 0.3) is 12.2 Å². The van der Waals surface area contributed by atoms with Crippen molar-refractivity contribution < 1.29 is 33.6 Å². The molecule has 12 nitrogen and oxygen atoms in total. The normalized spacial score (nSPS) is 11.5. The van der Waals surface area contributed by atoms with Gasteiger partial charge in [-0.05, 0) is 154 Å². The highest BCUT2D eigenvalue weighted by Crippen LogP contribution is 2.40. The van der Waals surface area contributed by atoms with Crippen LogP contribution in [0.4, 0.5) is 17.1 Å². The molecule has 0 fully saturated rings. The Hall–Kier alpha value is -7.72. The summed E-state index contributed by atoms with van der Waals surface area (Å²) >= 11 is 2.77. The summed E-state index contributed by atoms with van der Waals surface area (Å²) in [7, 11) is 1.63. The first-order valence-corrected chi connectivity index (χ1v) is 24.4. The first-order valence-electron chi connectivity index (χ1n) is 22.8. The Morgan fingerprint density at radius 2 is 1.15 bits per heavy atom. The molecule has 0 spiro atoms. The lowest BCUT2D eigenvalue weighted by Gasteiger charge is -2.26. The third-order valence-corrected chi connectivity index (χ3v) is 13.9. The molecule has 360 valence electrons. The van der Waals surface area contributed by atoms with E-state index in [2.05, 4.69) is 75.6 Å². The van der Waals surface area contributed by atoms with Crippen LogP contribution in [-0.4, -0.2) is 61.1 Å². The van der Waals surface area contributed by atoms with Crippen molar-refractivity contribution in [1.82, 2.24) is 9.97 Å². The van der Waals surface area contributed by atoms with E-state index in [0.717, 1.165) is 82.7 Å². The predicted molar refractivity (Wildman–Crippen MR) is 281 cm³/mol. The van der Waals surface area contributed by atoms with Gasteiger partial charge >= 0.3 is 5.97 Å². The summed E-state index contributed by atoms with van der Waals surface area (Å²) in [6, 6.07) is 34.5. The maximum Gasteiger partial charge on any atom is 0.333 e. The molecule has 2 heterocycles. The zero-order valence-corrected chi connectivity index (χ0v) is 42.3. The summed E-state index contributed by atoms with van der Waals surface area (Å²) < 4.78 is 21.6.